The summed E-state index contributed by atoms with van der Waals surface area (Å²) < 4.78 is 23.2. The molecule has 1 atom stereocenters. The van der Waals surface area contributed by atoms with Gasteiger partial charge < -0.3 is 5.73 Å². The third kappa shape index (κ3) is 2.73. The molecule has 2 aliphatic heterocycles. The maximum Gasteiger partial charge on any atom is 0.150 e. The van der Waals surface area contributed by atoms with Crippen LogP contribution in [0, 0.1) is 11.8 Å². The first-order chi connectivity index (χ1) is 8.38. The molecule has 0 aromatic rings. The Hall–Kier alpha value is -0.130. The molecule has 18 heavy (non-hydrogen) atoms. The van der Waals surface area contributed by atoms with Gasteiger partial charge in [0, 0.05) is 18.6 Å². The minimum atomic E-state index is -2.81. The lowest BCUT2D eigenvalue weighted by molar-refractivity contribution is 0.104. The van der Waals surface area contributed by atoms with Crippen LogP contribution in [0.15, 0.2) is 0 Å². The molecule has 2 heterocycles. The second-order valence-corrected chi connectivity index (χ2v) is 8.62. The van der Waals surface area contributed by atoms with Gasteiger partial charge in [-0.2, -0.15) is 0 Å². The lowest BCUT2D eigenvalue weighted by Gasteiger charge is -2.44. The number of sulfone groups is 1. The van der Waals surface area contributed by atoms with E-state index in [1.54, 1.807) is 0 Å². The molecule has 1 unspecified atom stereocenters. The summed E-state index contributed by atoms with van der Waals surface area (Å²) in [6, 6.07) is 0. The molecule has 4 nitrogen and oxygen atoms in total. The monoisotopic (exact) mass is 274 g/mol. The first-order valence-electron chi connectivity index (χ1n) is 7.04. The van der Waals surface area contributed by atoms with E-state index in [0.29, 0.717) is 24.0 Å². The SMILES string of the molecule is CC(C)C1CCN(C2(CN)CCS(=O)(=O)CC2)C1. The van der Waals surface area contributed by atoms with Gasteiger partial charge in [-0.05, 0) is 37.6 Å². The summed E-state index contributed by atoms with van der Waals surface area (Å²) >= 11 is 0. The van der Waals surface area contributed by atoms with Gasteiger partial charge >= 0.3 is 0 Å². The topological polar surface area (TPSA) is 63.4 Å². The van der Waals surface area contributed by atoms with E-state index in [1.165, 1.54) is 6.42 Å². The van der Waals surface area contributed by atoms with Crippen molar-refractivity contribution < 1.29 is 8.42 Å². The molecule has 2 fully saturated rings. The number of hydrogen-bond acceptors (Lipinski definition) is 4. The predicted octanol–water partition coefficient (Wildman–Crippen LogP) is 0.870. The van der Waals surface area contributed by atoms with E-state index in [-0.39, 0.29) is 5.54 Å². The Morgan fingerprint density at radius 3 is 2.39 bits per heavy atom. The lowest BCUT2D eigenvalue weighted by atomic mass is 9.90. The van der Waals surface area contributed by atoms with Gasteiger partial charge in [0.25, 0.3) is 0 Å². The van der Waals surface area contributed by atoms with Crippen LogP contribution in [-0.4, -0.2) is 50.0 Å². The smallest absolute Gasteiger partial charge is 0.150 e. The van der Waals surface area contributed by atoms with Crippen molar-refractivity contribution >= 4 is 9.84 Å². The second kappa shape index (κ2) is 5.10. The summed E-state index contributed by atoms with van der Waals surface area (Å²) in [5.41, 5.74) is 5.95. The number of nitrogens with two attached hydrogens (primary N) is 1. The van der Waals surface area contributed by atoms with Gasteiger partial charge in [0.05, 0.1) is 11.5 Å². The minimum absolute atomic E-state index is 0.0467. The van der Waals surface area contributed by atoms with Gasteiger partial charge in [0.1, 0.15) is 9.84 Å². The van der Waals surface area contributed by atoms with Crippen molar-refractivity contribution in [2.24, 2.45) is 17.6 Å². The predicted molar refractivity (Wildman–Crippen MR) is 74.2 cm³/mol. The first-order valence-corrected chi connectivity index (χ1v) is 8.86. The molecule has 0 bridgehead atoms. The van der Waals surface area contributed by atoms with E-state index in [4.69, 9.17) is 5.73 Å². The molecule has 0 radical (unpaired) electrons. The minimum Gasteiger partial charge on any atom is -0.329 e. The van der Waals surface area contributed by atoms with E-state index >= 15 is 0 Å². The molecule has 2 rings (SSSR count). The summed E-state index contributed by atoms with van der Waals surface area (Å²) in [7, 11) is -2.81. The zero-order chi connectivity index (χ0) is 13.4. The van der Waals surface area contributed by atoms with Crippen molar-refractivity contribution in [3.63, 3.8) is 0 Å². The zero-order valence-electron chi connectivity index (χ0n) is 11.6. The molecule has 106 valence electrons. The normalized spacial score (nSPS) is 31.9. The van der Waals surface area contributed by atoms with Crippen LogP contribution in [0.25, 0.3) is 0 Å². The molecule has 2 N–H and O–H groups in total. The Morgan fingerprint density at radius 2 is 1.94 bits per heavy atom. The largest absolute Gasteiger partial charge is 0.329 e. The average molecular weight is 274 g/mol. The maximum atomic E-state index is 11.6. The summed E-state index contributed by atoms with van der Waals surface area (Å²) in [4.78, 5) is 2.48. The zero-order valence-corrected chi connectivity index (χ0v) is 12.4. The van der Waals surface area contributed by atoms with E-state index in [9.17, 15) is 8.42 Å². The molecule has 0 saturated carbocycles. The summed E-state index contributed by atoms with van der Waals surface area (Å²) in [6.07, 6.45) is 2.67. The molecular formula is C13H26N2O2S. The molecule has 0 aliphatic carbocycles. The summed E-state index contributed by atoms with van der Waals surface area (Å²) in [5, 5.41) is 0. The van der Waals surface area contributed by atoms with E-state index in [1.807, 2.05) is 0 Å². The van der Waals surface area contributed by atoms with Gasteiger partial charge in [-0.3, -0.25) is 4.90 Å². The highest BCUT2D eigenvalue weighted by Gasteiger charge is 2.43. The summed E-state index contributed by atoms with van der Waals surface area (Å²) in [6.45, 7) is 7.31. The molecule has 0 amide bonds. The van der Waals surface area contributed by atoms with Crippen molar-refractivity contribution in [2.75, 3.05) is 31.1 Å². The Bertz CT molecular complexity index is 378. The van der Waals surface area contributed by atoms with Gasteiger partial charge in [-0.25, -0.2) is 8.42 Å². The molecule has 0 aromatic heterocycles. The third-order valence-corrected chi connectivity index (χ3v) is 6.63. The van der Waals surface area contributed by atoms with Gasteiger partial charge in [-0.15, -0.1) is 0 Å². The highest BCUT2D eigenvalue weighted by Crippen LogP contribution is 2.35. The number of hydrogen-bond donors (Lipinski definition) is 1. The van der Waals surface area contributed by atoms with Crippen LogP contribution >= 0.6 is 0 Å². The van der Waals surface area contributed by atoms with E-state index in [0.717, 1.165) is 31.8 Å². The maximum absolute atomic E-state index is 11.6. The Balaban J connectivity index is 2.06. The lowest BCUT2D eigenvalue weighted by Crippen LogP contribution is -2.57. The van der Waals surface area contributed by atoms with Gasteiger partial charge in [0.15, 0.2) is 0 Å². The number of nitrogens with zero attached hydrogens (tertiary/aromatic N) is 1. The second-order valence-electron chi connectivity index (χ2n) is 6.32. The van der Waals surface area contributed by atoms with Crippen molar-refractivity contribution in [1.29, 1.82) is 0 Å². The van der Waals surface area contributed by atoms with Crippen LogP contribution < -0.4 is 5.73 Å². The Morgan fingerprint density at radius 1 is 1.33 bits per heavy atom. The fraction of sp³-hybridized carbons (Fsp3) is 1.00. The average Bonchev–Trinajstić information content (AvgIpc) is 2.80. The first kappa shape index (κ1) is 14.3. The highest BCUT2D eigenvalue weighted by atomic mass is 32.2. The Kier molecular flexibility index (Phi) is 4.04. The van der Waals surface area contributed by atoms with Crippen LogP contribution in [-0.2, 0) is 9.84 Å². The Labute approximate surface area is 111 Å². The van der Waals surface area contributed by atoms with Crippen molar-refractivity contribution in [3.8, 4) is 0 Å². The highest BCUT2D eigenvalue weighted by molar-refractivity contribution is 7.91. The van der Waals surface area contributed by atoms with Crippen LogP contribution in [0.3, 0.4) is 0 Å². The number of likely N-dealkylation sites (tertiary alicyclic amines) is 1. The van der Waals surface area contributed by atoms with Crippen molar-refractivity contribution in [3.05, 3.63) is 0 Å². The van der Waals surface area contributed by atoms with Gasteiger partial charge in [0.2, 0.25) is 0 Å². The van der Waals surface area contributed by atoms with Crippen LogP contribution in [0.5, 0.6) is 0 Å². The third-order valence-electron chi connectivity index (χ3n) is 4.98. The molecule has 0 spiro atoms. The van der Waals surface area contributed by atoms with Gasteiger partial charge in [-0.1, -0.05) is 13.8 Å². The quantitative estimate of drug-likeness (QED) is 0.829. The summed E-state index contributed by atoms with van der Waals surface area (Å²) in [5.74, 6) is 2.07. The van der Waals surface area contributed by atoms with Crippen LogP contribution in [0.4, 0.5) is 0 Å². The molecule has 5 heteroatoms. The van der Waals surface area contributed by atoms with E-state index in [2.05, 4.69) is 18.7 Å². The molecule has 2 saturated heterocycles. The molecule has 0 aromatic carbocycles. The molecule has 2 aliphatic rings. The van der Waals surface area contributed by atoms with Crippen LogP contribution in [0.2, 0.25) is 0 Å². The fourth-order valence-corrected chi connectivity index (χ4v) is 4.92. The van der Waals surface area contributed by atoms with E-state index < -0.39 is 9.84 Å². The standard InChI is InChI=1S/C13H26N2O2S/c1-11(2)12-3-6-15(9-12)13(10-14)4-7-18(16,17)8-5-13/h11-12H,3-10,14H2,1-2H3. The fourth-order valence-electron chi connectivity index (χ4n) is 3.33. The molecular weight excluding hydrogens is 248 g/mol. The number of rotatable bonds is 3. The van der Waals surface area contributed by atoms with Crippen molar-refractivity contribution in [2.45, 2.75) is 38.6 Å². The van der Waals surface area contributed by atoms with Crippen molar-refractivity contribution in [1.82, 2.24) is 4.90 Å². The van der Waals surface area contributed by atoms with Crippen LogP contribution in [0.1, 0.15) is 33.1 Å².